The number of phenolic OH excluding ortho intramolecular Hbond substituents is 1. The Bertz CT molecular complexity index is 390. The molecule has 4 nitrogen and oxygen atoms in total. The van der Waals surface area contributed by atoms with E-state index in [1.807, 2.05) is 0 Å². The highest BCUT2D eigenvalue weighted by atomic mass is 79.9. The van der Waals surface area contributed by atoms with Crippen LogP contribution in [-0.4, -0.2) is 23.3 Å². The van der Waals surface area contributed by atoms with Gasteiger partial charge in [-0.25, -0.2) is 0 Å². The molecule has 16 heavy (non-hydrogen) atoms. The lowest BCUT2D eigenvalue weighted by Crippen LogP contribution is -1.98. The van der Waals surface area contributed by atoms with Gasteiger partial charge in [-0.05, 0) is 25.0 Å². The molecule has 0 aliphatic rings. The number of aliphatic carboxylic acids is 1. The number of benzene rings is 1. The fourth-order valence-corrected chi connectivity index (χ4v) is 1.98. The van der Waals surface area contributed by atoms with Gasteiger partial charge in [0.25, 0.3) is 0 Å². The van der Waals surface area contributed by atoms with Crippen LogP contribution in [0.15, 0.2) is 16.6 Å². The minimum atomic E-state index is -0.824. The molecule has 0 atom stereocenters. The third-order valence-electron chi connectivity index (χ3n) is 2.20. The molecule has 88 valence electrons. The maximum atomic E-state index is 10.4. The second kappa shape index (κ2) is 5.75. The van der Waals surface area contributed by atoms with E-state index >= 15 is 0 Å². The van der Waals surface area contributed by atoms with Crippen molar-refractivity contribution in [2.75, 3.05) is 7.11 Å². The smallest absolute Gasteiger partial charge is 0.303 e. The number of phenols is 1. The number of hydrogen-bond acceptors (Lipinski definition) is 3. The lowest BCUT2D eigenvalue weighted by Gasteiger charge is -2.11. The van der Waals surface area contributed by atoms with Crippen LogP contribution in [0.1, 0.15) is 18.4 Å². The fourth-order valence-electron chi connectivity index (χ4n) is 1.47. The van der Waals surface area contributed by atoms with Crippen molar-refractivity contribution in [2.45, 2.75) is 19.3 Å². The molecule has 1 rings (SSSR count). The highest BCUT2D eigenvalue weighted by Gasteiger charge is 2.12. The Kier molecular flexibility index (Phi) is 4.61. The first-order valence-electron chi connectivity index (χ1n) is 4.82. The molecular formula is C11H13BrO4. The van der Waals surface area contributed by atoms with Gasteiger partial charge < -0.3 is 14.9 Å². The molecule has 0 aromatic heterocycles. The second-order valence-corrected chi connectivity index (χ2v) is 4.18. The van der Waals surface area contributed by atoms with Crippen LogP contribution in [-0.2, 0) is 11.2 Å². The van der Waals surface area contributed by atoms with Crippen LogP contribution in [0.2, 0.25) is 0 Å². The van der Waals surface area contributed by atoms with Crippen LogP contribution in [0.3, 0.4) is 0 Å². The number of aromatic hydroxyl groups is 1. The third-order valence-corrected chi connectivity index (χ3v) is 2.95. The molecule has 0 radical (unpaired) electrons. The van der Waals surface area contributed by atoms with Gasteiger partial charge in [-0.15, -0.1) is 0 Å². The minimum Gasteiger partial charge on any atom is -0.504 e. The molecule has 0 saturated heterocycles. The first-order valence-corrected chi connectivity index (χ1v) is 5.61. The van der Waals surface area contributed by atoms with Crippen molar-refractivity contribution in [2.24, 2.45) is 0 Å². The van der Waals surface area contributed by atoms with Crippen molar-refractivity contribution in [3.8, 4) is 11.5 Å². The quantitative estimate of drug-likeness (QED) is 0.874. The van der Waals surface area contributed by atoms with E-state index in [1.54, 1.807) is 6.07 Å². The Hall–Kier alpha value is -1.23. The first kappa shape index (κ1) is 12.8. The summed E-state index contributed by atoms with van der Waals surface area (Å²) in [5, 5.41) is 18.1. The summed E-state index contributed by atoms with van der Waals surface area (Å²) in [6.07, 6.45) is 1.16. The number of ether oxygens (including phenoxy) is 1. The van der Waals surface area contributed by atoms with Gasteiger partial charge in [-0.3, -0.25) is 4.79 Å². The topological polar surface area (TPSA) is 66.8 Å². The summed E-state index contributed by atoms with van der Waals surface area (Å²) in [5.41, 5.74) is 0.795. The number of halogens is 1. The van der Waals surface area contributed by atoms with E-state index < -0.39 is 5.97 Å². The van der Waals surface area contributed by atoms with E-state index in [1.165, 1.54) is 13.2 Å². The Morgan fingerprint density at radius 1 is 1.50 bits per heavy atom. The molecule has 0 spiro atoms. The van der Waals surface area contributed by atoms with Crippen LogP contribution in [0.5, 0.6) is 11.5 Å². The monoisotopic (exact) mass is 288 g/mol. The second-order valence-electron chi connectivity index (χ2n) is 3.33. The third kappa shape index (κ3) is 3.13. The number of hydrogen-bond donors (Lipinski definition) is 2. The SMILES string of the molecule is COc1c(O)ccc(Br)c1CCCC(=O)O. The normalized spacial score (nSPS) is 10.1. The highest BCUT2D eigenvalue weighted by Crippen LogP contribution is 2.36. The van der Waals surface area contributed by atoms with Gasteiger partial charge in [0.1, 0.15) is 0 Å². The number of rotatable bonds is 5. The molecule has 0 amide bonds. The van der Waals surface area contributed by atoms with Gasteiger partial charge in [0, 0.05) is 16.5 Å². The standard InChI is InChI=1S/C11H13BrO4/c1-16-11-7(3-2-4-10(14)15)8(12)5-6-9(11)13/h5-6,13H,2-4H2,1H3,(H,14,15). The maximum Gasteiger partial charge on any atom is 0.303 e. The van der Waals surface area contributed by atoms with Crippen LogP contribution < -0.4 is 4.74 Å². The van der Waals surface area contributed by atoms with Gasteiger partial charge in [0.15, 0.2) is 11.5 Å². The van der Waals surface area contributed by atoms with Gasteiger partial charge in [-0.1, -0.05) is 15.9 Å². The molecule has 0 aliphatic heterocycles. The van der Waals surface area contributed by atoms with Gasteiger partial charge in [0.2, 0.25) is 0 Å². The van der Waals surface area contributed by atoms with Crippen LogP contribution >= 0.6 is 15.9 Å². The molecule has 5 heteroatoms. The highest BCUT2D eigenvalue weighted by molar-refractivity contribution is 9.10. The molecule has 0 bridgehead atoms. The number of carboxylic acid groups (broad SMARTS) is 1. The zero-order valence-electron chi connectivity index (χ0n) is 8.86. The molecular weight excluding hydrogens is 276 g/mol. The molecule has 1 aromatic rings. The zero-order valence-corrected chi connectivity index (χ0v) is 10.5. The van der Waals surface area contributed by atoms with Crippen LogP contribution in [0.4, 0.5) is 0 Å². The maximum absolute atomic E-state index is 10.4. The Morgan fingerprint density at radius 3 is 2.75 bits per heavy atom. The molecule has 0 fully saturated rings. The van der Waals surface area contributed by atoms with Gasteiger partial charge in [0.05, 0.1) is 7.11 Å². The number of carbonyl (C=O) groups is 1. The number of carboxylic acids is 1. The molecule has 0 unspecified atom stereocenters. The summed E-state index contributed by atoms with van der Waals surface area (Å²) in [5.74, 6) is -0.356. The summed E-state index contributed by atoms with van der Waals surface area (Å²) in [6.45, 7) is 0. The Morgan fingerprint density at radius 2 is 2.19 bits per heavy atom. The van der Waals surface area contributed by atoms with Crippen molar-refractivity contribution < 1.29 is 19.7 Å². The van der Waals surface area contributed by atoms with Crippen molar-refractivity contribution in [1.82, 2.24) is 0 Å². The lowest BCUT2D eigenvalue weighted by molar-refractivity contribution is -0.137. The van der Waals surface area contributed by atoms with E-state index in [0.29, 0.717) is 18.6 Å². The van der Waals surface area contributed by atoms with Crippen molar-refractivity contribution in [3.05, 3.63) is 22.2 Å². The summed E-state index contributed by atoms with van der Waals surface area (Å²) in [4.78, 5) is 10.4. The first-order chi connectivity index (χ1) is 7.56. The summed E-state index contributed by atoms with van der Waals surface area (Å²) >= 11 is 3.35. The van der Waals surface area contributed by atoms with E-state index in [0.717, 1.165) is 10.0 Å². The Labute approximate surface area is 102 Å². The largest absolute Gasteiger partial charge is 0.504 e. The average molecular weight is 289 g/mol. The fraction of sp³-hybridized carbons (Fsp3) is 0.364. The predicted molar refractivity (Wildman–Crippen MR) is 62.9 cm³/mol. The van der Waals surface area contributed by atoms with Crippen LogP contribution in [0.25, 0.3) is 0 Å². The molecule has 1 aromatic carbocycles. The molecule has 0 saturated carbocycles. The van der Waals surface area contributed by atoms with E-state index in [4.69, 9.17) is 9.84 Å². The molecule has 0 heterocycles. The van der Waals surface area contributed by atoms with Crippen LogP contribution in [0, 0.1) is 0 Å². The Balaban J connectivity index is 2.84. The van der Waals surface area contributed by atoms with Gasteiger partial charge >= 0.3 is 5.97 Å². The van der Waals surface area contributed by atoms with E-state index in [-0.39, 0.29) is 12.2 Å². The molecule has 2 N–H and O–H groups in total. The van der Waals surface area contributed by atoms with Crippen molar-refractivity contribution >= 4 is 21.9 Å². The van der Waals surface area contributed by atoms with Crippen molar-refractivity contribution in [1.29, 1.82) is 0 Å². The molecule has 0 aliphatic carbocycles. The summed E-state index contributed by atoms with van der Waals surface area (Å²) < 4.78 is 5.90. The lowest BCUT2D eigenvalue weighted by atomic mass is 10.1. The van der Waals surface area contributed by atoms with Gasteiger partial charge in [-0.2, -0.15) is 0 Å². The van der Waals surface area contributed by atoms with E-state index in [2.05, 4.69) is 15.9 Å². The predicted octanol–water partition coefficient (Wildman–Crippen LogP) is 2.57. The summed E-state index contributed by atoms with van der Waals surface area (Å²) in [7, 11) is 1.47. The number of methoxy groups -OCH3 is 1. The zero-order chi connectivity index (χ0) is 12.1. The van der Waals surface area contributed by atoms with E-state index in [9.17, 15) is 9.90 Å². The summed E-state index contributed by atoms with van der Waals surface area (Å²) in [6, 6.07) is 3.25. The average Bonchev–Trinajstić information content (AvgIpc) is 2.23. The minimum absolute atomic E-state index is 0.0658. The van der Waals surface area contributed by atoms with Crippen molar-refractivity contribution in [3.63, 3.8) is 0 Å².